The second-order valence-electron chi connectivity index (χ2n) is 10.7. The number of carbonyl (C=O) groups excluding carboxylic acids is 3. The van der Waals surface area contributed by atoms with E-state index in [0.717, 1.165) is 50.9 Å². The van der Waals surface area contributed by atoms with E-state index in [-0.39, 0.29) is 29.5 Å². The first kappa shape index (κ1) is 27.1. The first-order valence-electron chi connectivity index (χ1n) is 14.2. The molecule has 0 radical (unpaired) electrons. The Kier molecular flexibility index (Phi) is 8.76. The molecule has 2 saturated heterocycles. The topological polar surface area (TPSA) is 85.0 Å². The molecule has 2 aromatic rings. The van der Waals surface area contributed by atoms with Gasteiger partial charge in [0.25, 0.3) is 11.8 Å². The van der Waals surface area contributed by atoms with E-state index in [4.69, 9.17) is 0 Å². The molecule has 1 saturated carbocycles. The van der Waals surface area contributed by atoms with Crippen molar-refractivity contribution in [3.8, 4) is 0 Å². The molecule has 39 heavy (non-hydrogen) atoms. The molecule has 5 rings (SSSR count). The molecule has 3 amide bonds. The minimum absolute atomic E-state index is 0.00733. The summed E-state index contributed by atoms with van der Waals surface area (Å²) in [6.45, 7) is 5.27. The zero-order valence-electron chi connectivity index (χ0n) is 22.5. The van der Waals surface area contributed by atoms with Gasteiger partial charge in [-0.1, -0.05) is 19.3 Å². The van der Waals surface area contributed by atoms with Crippen LogP contribution in [0.5, 0.6) is 0 Å². The molecular formula is C30H38FN5O3. The number of amides is 3. The third-order valence-electron chi connectivity index (χ3n) is 8.10. The Labute approximate surface area is 229 Å². The Morgan fingerprint density at radius 3 is 2.15 bits per heavy atom. The summed E-state index contributed by atoms with van der Waals surface area (Å²) in [5.74, 6) is -0.490. The van der Waals surface area contributed by atoms with Crippen LogP contribution in [-0.4, -0.2) is 79.9 Å². The van der Waals surface area contributed by atoms with E-state index >= 15 is 0 Å². The second kappa shape index (κ2) is 12.6. The molecule has 9 heteroatoms. The van der Waals surface area contributed by atoms with Gasteiger partial charge in [-0.25, -0.2) is 4.39 Å². The normalized spacial score (nSPS) is 18.9. The summed E-state index contributed by atoms with van der Waals surface area (Å²) in [5.41, 5.74) is 2.57. The molecule has 0 spiro atoms. The lowest BCUT2D eigenvalue weighted by molar-refractivity contribution is -0.120. The third kappa shape index (κ3) is 6.58. The van der Waals surface area contributed by atoms with Crippen LogP contribution in [0.25, 0.3) is 0 Å². The fourth-order valence-corrected chi connectivity index (χ4v) is 5.83. The molecule has 2 aliphatic heterocycles. The minimum atomic E-state index is -0.365. The van der Waals surface area contributed by atoms with Crippen molar-refractivity contribution in [3.63, 3.8) is 0 Å². The highest BCUT2D eigenvalue weighted by molar-refractivity contribution is 6.00. The zero-order chi connectivity index (χ0) is 27.2. The number of hydrogen-bond donors (Lipinski definition) is 2. The van der Waals surface area contributed by atoms with E-state index in [2.05, 4.69) is 15.5 Å². The SMILES string of the molecule is O=C(Nc1cc(C(=O)N2CCNCC2)ccc1N1CCCN(C(=O)c2ccc(F)cc2)CC1)C1CCCCC1. The van der Waals surface area contributed by atoms with Crippen molar-refractivity contribution in [3.05, 3.63) is 59.4 Å². The van der Waals surface area contributed by atoms with Gasteiger partial charge in [0.1, 0.15) is 5.82 Å². The lowest BCUT2D eigenvalue weighted by atomic mass is 9.88. The van der Waals surface area contributed by atoms with Crippen molar-refractivity contribution in [2.45, 2.75) is 38.5 Å². The Bertz CT molecular complexity index is 1180. The molecule has 2 aromatic carbocycles. The Morgan fingerprint density at radius 2 is 1.41 bits per heavy atom. The monoisotopic (exact) mass is 535 g/mol. The number of nitrogens with zero attached hydrogens (tertiary/aromatic N) is 3. The Hall–Kier alpha value is -3.46. The molecule has 3 aliphatic rings. The zero-order valence-corrected chi connectivity index (χ0v) is 22.5. The third-order valence-corrected chi connectivity index (χ3v) is 8.10. The number of carbonyl (C=O) groups is 3. The number of hydrogen-bond acceptors (Lipinski definition) is 5. The fraction of sp³-hybridized carbons (Fsp3) is 0.500. The summed E-state index contributed by atoms with van der Waals surface area (Å²) in [6.07, 6.45) is 5.84. The predicted octanol–water partition coefficient (Wildman–Crippen LogP) is 3.74. The Morgan fingerprint density at radius 1 is 0.744 bits per heavy atom. The van der Waals surface area contributed by atoms with Crippen molar-refractivity contribution in [1.82, 2.24) is 15.1 Å². The standard InChI is InChI=1S/C30H38FN5O3/c31-25-10-7-23(8-11-25)29(38)35-16-4-15-34(19-20-35)27-12-9-24(30(39)36-17-13-32-14-18-36)21-26(27)33-28(37)22-5-2-1-3-6-22/h7-12,21-22,32H,1-6,13-20H2,(H,33,37). The molecule has 3 fully saturated rings. The second-order valence-corrected chi connectivity index (χ2v) is 10.7. The number of benzene rings is 2. The van der Waals surface area contributed by atoms with Crippen LogP contribution >= 0.6 is 0 Å². The lowest BCUT2D eigenvalue weighted by Gasteiger charge is -2.29. The Balaban J connectivity index is 1.35. The first-order valence-corrected chi connectivity index (χ1v) is 14.2. The van der Waals surface area contributed by atoms with Crippen molar-refractivity contribution in [1.29, 1.82) is 0 Å². The maximum Gasteiger partial charge on any atom is 0.254 e. The van der Waals surface area contributed by atoms with Gasteiger partial charge in [0.2, 0.25) is 5.91 Å². The van der Waals surface area contributed by atoms with Gasteiger partial charge in [0, 0.05) is 69.4 Å². The van der Waals surface area contributed by atoms with Crippen LogP contribution in [0.15, 0.2) is 42.5 Å². The van der Waals surface area contributed by atoms with E-state index in [9.17, 15) is 18.8 Å². The lowest BCUT2D eigenvalue weighted by Crippen LogP contribution is -2.46. The van der Waals surface area contributed by atoms with Crippen molar-refractivity contribution in [2.75, 3.05) is 62.6 Å². The van der Waals surface area contributed by atoms with Crippen molar-refractivity contribution < 1.29 is 18.8 Å². The van der Waals surface area contributed by atoms with Crippen LogP contribution in [0.2, 0.25) is 0 Å². The molecule has 0 atom stereocenters. The fourth-order valence-electron chi connectivity index (χ4n) is 5.83. The maximum absolute atomic E-state index is 13.3. The van der Waals surface area contributed by atoms with Crippen LogP contribution < -0.4 is 15.5 Å². The molecule has 0 aromatic heterocycles. The van der Waals surface area contributed by atoms with E-state index in [1.54, 1.807) is 4.90 Å². The van der Waals surface area contributed by atoms with E-state index in [1.807, 2.05) is 23.1 Å². The first-order chi connectivity index (χ1) is 19.0. The quantitative estimate of drug-likeness (QED) is 0.610. The highest BCUT2D eigenvalue weighted by Gasteiger charge is 2.26. The van der Waals surface area contributed by atoms with E-state index in [0.29, 0.717) is 56.1 Å². The summed E-state index contributed by atoms with van der Waals surface area (Å²) < 4.78 is 13.3. The van der Waals surface area contributed by atoms with Crippen molar-refractivity contribution >= 4 is 29.1 Å². The molecule has 1 aliphatic carbocycles. The average Bonchev–Trinajstić information content (AvgIpc) is 3.24. The number of anilines is 2. The molecule has 0 bridgehead atoms. The van der Waals surface area contributed by atoms with Crippen LogP contribution in [0, 0.1) is 11.7 Å². The van der Waals surface area contributed by atoms with Gasteiger partial charge in [-0.2, -0.15) is 0 Å². The van der Waals surface area contributed by atoms with E-state index < -0.39 is 0 Å². The molecule has 2 heterocycles. The number of halogens is 1. The summed E-state index contributed by atoms with van der Waals surface area (Å²) in [5, 5.41) is 6.46. The average molecular weight is 536 g/mol. The summed E-state index contributed by atoms with van der Waals surface area (Å²) in [7, 11) is 0. The highest BCUT2D eigenvalue weighted by Crippen LogP contribution is 2.31. The number of rotatable bonds is 5. The maximum atomic E-state index is 13.3. The summed E-state index contributed by atoms with van der Waals surface area (Å²) >= 11 is 0. The largest absolute Gasteiger partial charge is 0.368 e. The van der Waals surface area contributed by atoms with Gasteiger partial charge in [-0.05, 0) is 61.7 Å². The minimum Gasteiger partial charge on any atom is -0.368 e. The van der Waals surface area contributed by atoms with Crippen LogP contribution in [0.3, 0.4) is 0 Å². The highest BCUT2D eigenvalue weighted by atomic mass is 19.1. The van der Waals surface area contributed by atoms with Crippen LogP contribution in [0.1, 0.15) is 59.2 Å². The smallest absolute Gasteiger partial charge is 0.254 e. The summed E-state index contributed by atoms with van der Waals surface area (Å²) in [6, 6.07) is 11.3. The van der Waals surface area contributed by atoms with Gasteiger partial charge >= 0.3 is 0 Å². The van der Waals surface area contributed by atoms with Gasteiger partial charge in [0.05, 0.1) is 11.4 Å². The molecular weight excluding hydrogens is 497 g/mol. The molecule has 2 N–H and O–H groups in total. The number of piperazine rings is 1. The van der Waals surface area contributed by atoms with Crippen LogP contribution in [0.4, 0.5) is 15.8 Å². The molecule has 0 unspecified atom stereocenters. The molecule has 8 nitrogen and oxygen atoms in total. The summed E-state index contributed by atoms with van der Waals surface area (Å²) in [4.78, 5) is 45.4. The van der Waals surface area contributed by atoms with Gasteiger partial charge < -0.3 is 25.3 Å². The van der Waals surface area contributed by atoms with Gasteiger partial charge in [-0.15, -0.1) is 0 Å². The van der Waals surface area contributed by atoms with Gasteiger partial charge in [-0.3, -0.25) is 14.4 Å². The van der Waals surface area contributed by atoms with Crippen molar-refractivity contribution in [2.24, 2.45) is 5.92 Å². The van der Waals surface area contributed by atoms with Gasteiger partial charge in [0.15, 0.2) is 0 Å². The molecule has 208 valence electrons. The predicted molar refractivity (Wildman–Crippen MR) is 150 cm³/mol. The van der Waals surface area contributed by atoms with E-state index in [1.165, 1.54) is 30.7 Å². The number of nitrogens with one attached hydrogen (secondary N) is 2. The van der Waals surface area contributed by atoms with Crippen LogP contribution in [-0.2, 0) is 4.79 Å².